The van der Waals surface area contributed by atoms with Crippen LogP contribution in [0.3, 0.4) is 0 Å². The first-order chi connectivity index (χ1) is 13.4. The van der Waals surface area contributed by atoms with Gasteiger partial charge in [0, 0.05) is 18.4 Å². The Balaban J connectivity index is 2.15. The molecule has 0 spiro atoms. The molecule has 0 amide bonds. The average molecular weight is 382 g/mol. The molecule has 0 bridgehead atoms. The molecule has 0 aliphatic heterocycles. The number of ether oxygens (including phenoxy) is 2. The van der Waals surface area contributed by atoms with E-state index in [0.29, 0.717) is 12.0 Å². The summed E-state index contributed by atoms with van der Waals surface area (Å²) in [7, 11) is 2.82. The molecule has 6 heteroatoms. The van der Waals surface area contributed by atoms with Gasteiger partial charge in [-0.2, -0.15) is 0 Å². The maximum atomic E-state index is 13.2. The van der Waals surface area contributed by atoms with Crippen LogP contribution in [0.1, 0.15) is 63.6 Å². The summed E-state index contributed by atoms with van der Waals surface area (Å²) in [5.74, 6) is -0.646. The minimum absolute atomic E-state index is 0.0365. The molecule has 1 N–H and O–H groups in total. The Bertz CT molecular complexity index is 973. The summed E-state index contributed by atoms with van der Waals surface area (Å²) in [6.07, 6.45) is 1.71. The van der Waals surface area contributed by atoms with Crippen LogP contribution in [0.25, 0.3) is 0 Å². The van der Waals surface area contributed by atoms with Crippen LogP contribution >= 0.6 is 0 Å². The van der Waals surface area contributed by atoms with Crippen molar-refractivity contribution < 1.29 is 29.0 Å². The molecule has 0 aromatic heterocycles. The molecule has 0 unspecified atom stereocenters. The molecule has 1 aliphatic rings. The predicted octanol–water partition coefficient (Wildman–Crippen LogP) is 3.49. The molecule has 0 fully saturated rings. The molecule has 146 valence electrons. The number of ketones is 3. The van der Waals surface area contributed by atoms with E-state index in [9.17, 15) is 19.5 Å². The molecule has 0 saturated heterocycles. The summed E-state index contributed by atoms with van der Waals surface area (Å²) >= 11 is 0. The van der Waals surface area contributed by atoms with Crippen LogP contribution < -0.4 is 9.47 Å². The first kappa shape index (κ1) is 19.6. The van der Waals surface area contributed by atoms with E-state index >= 15 is 0 Å². The number of phenolic OH excluding ortho intramolecular Hbond substituents is 1. The van der Waals surface area contributed by atoms with Crippen molar-refractivity contribution in [2.45, 2.75) is 32.6 Å². The predicted molar refractivity (Wildman–Crippen MR) is 103 cm³/mol. The highest BCUT2D eigenvalue weighted by Crippen LogP contribution is 2.42. The average Bonchev–Trinajstić information content (AvgIpc) is 2.70. The first-order valence-electron chi connectivity index (χ1n) is 9.15. The zero-order valence-electron chi connectivity index (χ0n) is 16.1. The van der Waals surface area contributed by atoms with Gasteiger partial charge in [-0.3, -0.25) is 14.4 Å². The summed E-state index contributed by atoms with van der Waals surface area (Å²) in [5, 5.41) is 10.8. The van der Waals surface area contributed by atoms with Crippen LogP contribution in [-0.4, -0.2) is 36.7 Å². The molecular formula is C22H22O6. The lowest BCUT2D eigenvalue weighted by molar-refractivity contribution is -0.119. The van der Waals surface area contributed by atoms with Crippen LogP contribution in [0.4, 0.5) is 0 Å². The van der Waals surface area contributed by atoms with Crippen molar-refractivity contribution in [3.63, 3.8) is 0 Å². The van der Waals surface area contributed by atoms with Crippen molar-refractivity contribution in [3.8, 4) is 17.2 Å². The van der Waals surface area contributed by atoms with Gasteiger partial charge in [0.2, 0.25) is 5.78 Å². The van der Waals surface area contributed by atoms with Gasteiger partial charge in [-0.05, 0) is 30.5 Å². The van der Waals surface area contributed by atoms with E-state index in [1.165, 1.54) is 20.3 Å². The number of aromatic hydroxyl groups is 1. The molecule has 0 heterocycles. The van der Waals surface area contributed by atoms with Crippen molar-refractivity contribution in [1.29, 1.82) is 0 Å². The second kappa shape index (κ2) is 7.84. The third kappa shape index (κ3) is 3.15. The third-order valence-electron chi connectivity index (χ3n) is 4.94. The Morgan fingerprint density at radius 1 is 0.964 bits per heavy atom. The SMILES string of the molecule is CCCC(=O)CCc1cc(OC)c2c(c1O)C(=O)c1c(OC)cccc1C2=O. The van der Waals surface area contributed by atoms with Gasteiger partial charge in [0.25, 0.3) is 0 Å². The molecule has 1 aliphatic carbocycles. The minimum Gasteiger partial charge on any atom is -0.507 e. The monoisotopic (exact) mass is 382 g/mol. The molecule has 2 aromatic carbocycles. The highest BCUT2D eigenvalue weighted by atomic mass is 16.5. The van der Waals surface area contributed by atoms with E-state index in [-0.39, 0.29) is 58.1 Å². The summed E-state index contributed by atoms with van der Waals surface area (Å²) in [6.45, 7) is 1.92. The number of benzene rings is 2. The summed E-state index contributed by atoms with van der Waals surface area (Å²) in [6, 6.07) is 6.31. The number of rotatable bonds is 7. The third-order valence-corrected chi connectivity index (χ3v) is 4.94. The Kier molecular flexibility index (Phi) is 5.49. The molecular weight excluding hydrogens is 360 g/mol. The molecule has 0 saturated carbocycles. The number of carbonyl (C=O) groups excluding carboxylic acids is 3. The van der Waals surface area contributed by atoms with Gasteiger partial charge in [-0.15, -0.1) is 0 Å². The quantitative estimate of drug-likeness (QED) is 0.673. The van der Waals surface area contributed by atoms with Crippen LogP contribution in [0.5, 0.6) is 17.2 Å². The van der Waals surface area contributed by atoms with Gasteiger partial charge in [0.05, 0.1) is 30.9 Å². The van der Waals surface area contributed by atoms with E-state index < -0.39 is 11.6 Å². The number of fused-ring (bicyclic) bond motifs is 2. The van der Waals surface area contributed by atoms with Crippen LogP contribution in [0.15, 0.2) is 24.3 Å². The van der Waals surface area contributed by atoms with Crippen molar-refractivity contribution in [1.82, 2.24) is 0 Å². The summed E-state index contributed by atoms with van der Waals surface area (Å²) < 4.78 is 10.6. The second-order valence-corrected chi connectivity index (χ2v) is 6.67. The highest BCUT2D eigenvalue weighted by molar-refractivity contribution is 6.31. The van der Waals surface area contributed by atoms with E-state index in [4.69, 9.17) is 9.47 Å². The number of hydrogen-bond acceptors (Lipinski definition) is 6. The van der Waals surface area contributed by atoms with Gasteiger partial charge in [0.1, 0.15) is 23.0 Å². The zero-order chi connectivity index (χ0) is 20.4. The number of aryl methyl sites for hydroxylation is 1. The Morgan fingerprint density at radius 2 is 1.68 bits per heavy atom. The first-order valence-corrected chi connectivity index (χ1v) is 9.15. The number of phenols is 1. The van der Waals surface area contributed by atoms with Gasteiger partial charge < -0.3 is 14.6 Å². The Hall–Kier alpha value is -3.15. The lowest BCUT2D eigenvalue weighted by Gasteiger charge is -2.23. The van der Waals surface area contributed by atoms with Crippen molar-refractivity contribution in [2.24, 2.45) is 0 Å². The van der Waals surface area contributed by atoms with Gasteiger partial charge in [-0.1, -0.05) is 19.1 Å². The maximum Gasteiger partial charge on any atom is 0.202 e. The molecule has 6 nitrogen and oxygen atoms in total. The molecule has 2 aromatic rings. The molecule has 3 rings (SSSR count). The number of hydrogen-bond donors (Lipinski definition) is 1. The fourth-order valence-corrected chi connectivity index (χ4v) is 3.56. The van der Waals surface area contributed by atoms with Crippen LogP contribution in [0.2, 0.25) is 0 Å². The van der Waals surface area contributed by atoms with Gasteiger partial charge in [-0.25, -0.2) is 0 Å². The molecule has 0 atom stereocenters. The van der Waals surface area contributed by atoms with E-state index in [2.05, 4.69) is 0 Å². The number of carbonyl (C=O) groups is 3. The maximum absolute atomic E-state index is 13.2. The zero-order valence-corrected chi connectivity index (χ0v) is 16.1. The van der Waals surface area contributed by atoms with Crippen molar-refractivity contribution in [3.05, 3.63) is 52.1 Å². The van der Waals surface area contributed by atoms with E-state index in [1.54, 1.807) is 18.2 Å². The highest BCUT2D eigenvalue weighted by Gasteiger charge is 2.37. The number of Topliss-reactive ketones (excluding diaryl/α,β-unsaturated/α-hetero) is 1. The van der Waals surface area contributed by atoms with Crippen LogP contribution in [-0.2, 0) is 11.2 Å². The fourth-order valence-electron chi connectivity index (χ4n) is 3.56. The van der Waals surface area contributed by atoms with Crippen LogP contribution in [0, 0.1) is 0 Å². The summed E-state index contributed by atoms with van der Waals surface area (Å²) in [4.78, 5) is 38.1. The van der Waals surface area contributed by atoms with E-state index in [0.717, 1.165) is 6.42 Å². The smallest absolute Gasteiger partial charge is 0.202 e. The lowest BCUT2D eigenvalue weighted by Crippen LogP contribution is -2.23. The Morgan fingerprint density at radius 3 is 2.32 bits per heavy atom. The van der Waals surface area contributed by atoms with Crippen molar-refractivity contribution >= 4 is 17.3 Å². The second-order valence-electron chi connectivity index (χ2n) is 6.67. The Labute approximate surface area is 163 Å². The normalized spacial score (nSPS) is 12.4. The topological polar surface area (TPSA) is 89.9 Å². The van der Waals surface area contributed by atoms with E-state index in [1.807, 2.05) is 6.92 Å². The van der Waals surface area contributed by atoms with Gasteiger partial charge >= 0.3 is 0 Å². The largest absolute Gasteiger partial charge is 0.507 e. The number of methoxy groups -OCH3 is 2. The van der Waals surface area contributed by atoms with Gasteiger partial charge in [0.15, 0.2) is 5.78 Å². The summed E-state index contributed by atoms with van der Waals surface area (Å²) in [5.41, 5.74) is 0.674. The lowest BCUT2D eigenvalue weighted by atomic mass is 9.81. The molecule has 28 heavy (non-hydrogen) atoms. The molecule has 0 radical (unpaired) electrons. The van der Waals surface area contributed by atoms with Crippen molar-refractivity contribution in [2.75, 3.05) is 14.2 Å². The fraction of sp³-hybridized carbons (Fsp3) is 0.318. The minimum atomic E-state index is -0.500. The standard InChI is InChI=1S/C22H22O6/c1-4-6-13(23)10-9-12-11-16(28-3)18-19(20(12)24)22(26)17-14(21(18)25)7-5-8-15(17)27-2/h5,7-8,11,24H,4,6,9-10H2,1-3H3.